The lowest BCUT2D eigenvalue weighted by molar-refractivity contribution is -0.165. The van der Waals surface area contributed by atoms with Gasteiger partial charge in [0.1, 0.15) is 11.6 Å². The Morgan fingerprint density at radius 3 is 2.76 bits per heavy atom. The van der Waals surface area contributed by atoms with Crippen molar-refractivity contribution in [3.8, 4) is 0 Å². The van der Waals surface area contributed by atoms with E-state index >= 15 is 0 Å². The van der Waals surface area contributed by atoms with Crippen LogP contribution in [0.4, 0.5) is 19.0 Å². The highest BCUT2D eigenvalue weighted by atomic mass is 19.4. The summed E-state index contributed by atoms with van der Waals surface area (Å²) < 4.78 is 42.8. The molecule has 3 rings (SSSR count). The van der Waals surface area contributed by atoms with Crippen LogP contribution in [0.25, 0.3) is 0 Å². The average molecular weight is 467 g/mol. The average Bonchev–Trinajstić information content (AvgIpc) is 3.54. The molecule has 33 heavy (non-hydrogen) atoms. The molecule has 1 aliphatic carbocycles. The highest BCUT2D eigenvalue weighted by molar-refractivity contribution is 6.02. The maximum Gasteiger partial charge on any atom is 0.422 e. The van der Waals surface area contributed by atoms with Crippen molar-refractivity contribution in [3.05, 3.63) is 47.4 Å². The molecule has 1 aliphatic heterocycles. The Hall–Kier alpha value is -2.88. The van der Waals surface area contributed by atoms with Crippen LogP contribution in [-0.4, -0.2) is 65.6 Å². The molecule has 10 heteroatoms. The van der Waals surface area contributed by atoms with Crippen LogP contribution >= 0.6 is 0 Å². The fraction of sp³-hybridized carbons (Fsp3) is 0.522. The number of likely N-dealkylation sites (N-methyl/N-ethyl adjacent to an activating group) is 1. The van der Waals surface area contributed by atoms with Gasteiger partial charge in [-0.25, -0.2) is 4.98 Å². The number of halogens is 3. The molecule has 0 aromatic carbocycles. The van der Waals surface area contributed by atoms with Crippen LogP contribution < -0.4 is 5.32 Å². The lowest BCUT2D eigenvalue weighted by Gasteiger charge is -2.29. The van der Waals surface area contributed by atoms with E-state index in [0.29, 0.717) is 35.6 Å². The number of nitrogens with one attached hydrogen (secondary N) is 1. The molecule has 1 aromatic heterocycles. The predicted octanol–water partition coefficient (Wildman–Crippen LogP) is 3.75. The zero-order chi connectivity index (χ0) is 24.3. The van der Waals surface area contributed by atoms with Gasteiger partial charge >= 0.3 is 6.18 Å². The molecule has 0 bridgehead atoms. The predicted molar refractivity (Wildman–Crippen MR) is 117 cm³/mol. The van der Waals surface area contributed by atoms with Gasteiger partial charge in [0.2, 0.25) is 5.91 Å². The fourth-order valence-electron chi connectivity index (χ4n) is 3.70. The number of amides is 2. The number of carbonyl (C=O) groups is 2. The smallest absolute Gasteiger partial charge is 0.422 e. The first kappa shape index (κ1) is 24.8. The molecule has 0 spiro atoms. The number of alkyl halides is 3. The van der Waals surface area contributed by atoms with Gasteiger partial charge in [-0.3, -0.25) is 14.5 Å². The van der Waals surface area contributed by atoms with Crippen LogP contribution in [0.3, 0.4) is 0 Å². The molecule has 0 saturated heterocycles. The maximum atomic E-state index is 13.0. The van der Waals surface area contributed by atoms with Crippen LogP contribution in [0, 0.1) is 5.92 Å². The molecule has 1 saturated carbocycles. The molecule has 180 valence electrons. The van der Waals surface area contributed by atoms with E-state index in [0.717, 1.165) is 12.8 Å². The Morgan fingerprint density at radius 1 is 1.45 bits per heavy atom. The number of rotatable bonds is 10. The summed E-state index contributed by atoms with van der Waals surface area (Å²) in [6.45, 7) is 6.58. The van der Waals surface area contributed by atoms with Gasteiger partial charge in [-0.1, -0.05) is 12.7 Å². The number of nitrogens with zero attached hydrogens (tertiary/aromatic N) is 3. The summed E-state index contributed by atoms with van der Waals surface area (Å²) in [5.74, 6) is 0.367. The molecule has 1 unspecified atom stereocenters. The summed E-state index contributed by atoms with van der Waals surface area (Å²) >= 11 is 0. The Bertz CT molecular complexity index is 957. The first-order valence-electron chi connectivity index (χ1n) is 10.8. The Labute approximate surface area is 191 Å². The van der Waals surface area contributed by atoms with E-state index in [4.69, 9.17) is 4.74 Å². The second kappa shape index (κ2) is 9.94. The fourth-order valence-corrected chi connectivity index (χ4v) is 3.70. The van der Waals surface area contributed by atoms with Crippen LogP contribution in [0.1, 0.15) is 42.6 Å². The third-order valence-corrected chi connectivity index (χ3v) is 5.74. The Balaban J connectivity index is 1.64. The van der Waals surface area contributed by atoms with Crippen molar-refractivity contribution in [2.45, 2.75) is 45.5 Å². The number of anilines is 1. The summed E-state index contributed by atoms with van der Waals surface area (Å²) in [4.78, 5) is 32.9. The highest BCUT2D eigenvalue weighted by Crippen LogP contribution is 2.33. The van der Waals surface area contributed by atoms with Crippen molar-refractivity contribution in [3.63, 3.8) is 0 Å². The van der Waals surface area contributed by atoms with Gasteiger partial charge in [0.25, 0.3) is 5.91 Å². The topological polar surface area (TPSA) is 74.8 Å². The standard InChI is InChI=1S/C23H29F3N4O3/c1-5-14(2)19(33-13-23(24,25)26)12-29(4)10-15(3)30-11-18-17(22(30)32)8-9-27-20(18)28-21(31)16-6-7-16/h5,8-9,15-16H,1,6-7,10-13H2,2-4H3,(H,27,28,31)/b19-14+. The largest absolute Gasteiger partial charge is 0.487 e. The molecule has 2 amide bonds. The number of ether oxygens (including phenoxy) is 1. The summed E-state index contributed by atoms with van der Waals surface area (Å²) in [5.41, 5.74) is 1.70. The molecule has 1 fully saturated rings. The molecule has 0 radical (unpaired) electrons. The highest BCUT2D eigenvalue weighted by Gasteiger charge is 2.36. The number of allylic oxidation sites excluding steroid dienone is 2. The number of carbonyl (C=O) groups excluding carboxylic acids is 2. The van der Waals surface area contributed by atoms with E-state index in [1.807, 2.05) is 6.92 Å². The van der Waals surface area contributed by atoms with Crippen molar-refractivity contribution in [2.24, 2.45) is 5.92 Å². The van der Waals surface area contributed by atoms with Gasteiger partial charge in [-0.2, -0.15) is 13.2 Å². The van der Waals surface area contributed by atoms with Crippen LogP contribution in [0.15, 0.2) is 36.3 Å². The molecule has 1 N–H and O–H groups in total. The normalized spacial score (nSPS) is 17.5. The van der Waals surface area contributed by atoms with Crippen LogP contribution in [0.2, 0.25) is 0 Å². The first-order valence-corrected chi connectivity index (χ1v) is 10.8. The van der Waals surface area contributed by atoms with E-state index in [1.54, 1.807) is 29.8 Å². The van der Waals surface area contributed by atoms with Gasteiger partial charge in [-0.15, -0.1) is 0 Å². The number of hydrogen-bond acceptors (Lipinski definition) is 5. The minimum atomic E-state index is -4.44. The molecule has 1 atom stereocenters. The van der Waals surface area contributed by atoms with E-state index in [9.17, 15) is 22.8 Å². The van der Waals surface area contributed by atoms with Crippen molar-refractivity contribution in [1.82, 2.24) is 14.8 Å². The quantitative estimate of drug-likeness (QED) is 0.420. The van der Waals surface area contributed by atoms with E-state index in [2.05, 4.69) is 16.9 Å². The lowest BCUT2D eigenvalue weighted by atomic mass is 10.1. The van der Waals surface area contributed by atoms with Gasteiger partial charge in [-0.05, 0) is 45.4 Å². The third kappa shape index (κ3) is 6.34. The zero-order valence-electron chi connectivity index (χ0n) is 19.0. The Morgan fingerprint density at radius 2 is 2.15 bits per heavy atom. The molecular weight excluding hydrogens is 437 g/mol. The summed E-state index contributed by atoms with van der Waals surface area (Å²) in [5, 5.41) is 2.83. The summed E-state index contributed by atoms with van der Waals surface area (Å²) in [6.07, 6.45) is 0.251. The number of aromatic nitrogens is 1. The maximum absolute atomic E-state index is 13.0. The van der Waals surface area contributed by atoms with E-state index in [-0.39, 0.29) is 36.1 Å². The minimum absolute atomic E-state index is 0.0178. The van der Waals surface area contributed by atoms with E-state index in [1.165, 1.54) is 12.3 Å². The molecule has 7 nitrogen and oxygen atoms in total. The van der Waals surface area contributed by atoms with Crippen LogP contribution in [-0.2, 0) is 16.1 Å². The van der Waals surface area contributed by atoms with Crippen molar-refractivity contribution >= 4 is 17.6 Å². The first-order chi connectivity index (χ1) is 15.5. The lowest BCUT2D eigenvalue weighted by Crippen LogP contribution is -2.42. The molecular formula is C23H29F3N4O3. The SMILES string of the molecule is C=C/C(C)=C(\CN(C)CC(C)N1Cc2c(ccnc2NC(=O)C2CC2)C1=O)OCC(F)(F)F. The molecule has 2 aliphatic rings. The number of hydrogen-bond donors (Lipinski definition) is 1. The monoisotopic (exact) mass is 466 g/mol. The third-order valence-electron chi connectivity index (χ3n) is 5.74. The summed E-state index contributed by atoms with van der Waals surface area (Å²) in [6, 6.07) is 1.40. The van der Waals surface area contributed by atoms with Gasteiger partial charge in [0.05, 0.1) is 13.1 Å². The Kier molecular flexibility index (Phi) is 7.46. The number of pyridine rings is 1. The van der Waals surface area contributed by atoms with Gasteiger partial charge < -0.3 is 15.0 Å². The molecule has 2 heterocycles. The van der Waals surface area contributed by atoms with Crippen molar-refractivity contribution < 1.29 is 27.5 Å². The van der Waals surface area contributed by atoms with Gasteiger partial charge in [0.15, 0.2) is 6.61 Å². The second-order valence-electron chi connectivity index (χ2n) is 8.64. The van der Waals surface area contributed by atoms with Crippen molar-refractivity contribution in [2.75, 3.05) is 32.1 Å². The van der Waals surface area contributed by atoms with Crippen LogP contribution in [0.5, 0.6) is 0 Å². The molecule has 1 aromatic rings. The number of fused-ring (bicyclic) bond motifs is 1. The van der Waals surface area contributed by atoms with E-state index < -0.39 is 12.8 Å². The second-order valence-corrected chi connectivity index (χ2v) is 8.64. The zero-order valence-corrected chi connectivity index (χ0v) is 19.0. The van der Waals surface area contributed by atoms with Gasteiger partial charge in [0, 0.05) is 35.8 Å². The summed E-state index contributed by atoms with van der Waals surface area (Å²) in [7, 11) is 1.75. The van der Waals surface area contributed by atoms with Crippen molar-refractivity contribution in [1.29, 1.82) is 0 Å². The minimum Gasteiger partial charge on any atom is -0.487 e.